The maximum Gasteiger partial charge on any atom is 0.279 e. The lowest BCUT2D eigenvalue weighted by atomic mass is 10.0. The summed E-state index contributed by atoms with van der Waals surface area (Å²) in [7, 11) is 3.42. The number of benzene rings is 1. The van der Waals surface area contributed by atoms with Gasteiger partial charge in [0.1, 0.15) is 0 Å². The van der Waals surface area contributed by atoms with Gasteiger partial charge in [-0.15, -0.1) is 11.3 Å². The standard InChI is InChI=1S/C20H17N3O2S/c1-12-14-9-10-26-18(14)17-16(19(24)22(2)3)11-15(20(25)23(17)21-12)13-7-5-4-6-8-13/h4-11H,1-3H3. The monoisotopic (exact) mass is 363 g/mol. The van der Waals surface area contributed by atoms with Crippen molar-refractivity contribution >= 4 is 32.8 Å². The van der Waals surface area contributed by atoms with Gasteiger partial charge in [0.25, 0.3) is 11.5 Å². The van der Waals surface area contributed by atoms with Gasteiger partial charge in [0, 0.05) is 25.0 Å². The molecule has 3 heterocycles. The summed E-state index contributed by atoms with van der Waals surface area (Å²) in [5, 5.41) is 7.43. The van der Waals surface area contributed by atoms with Gasteiger partial charge in [0.2, 0.25) is 0 Å². The minimum atomic E-state index is -0.222. The van der Waals surface area contributed by atoms with Crippen LogP contribution in [0.5, 0.6) is 0 Å². The zero-order valence-corrected chi connectivity index (χ0v) is 15.5. The van der Waals surface area contributed by atoms with Gasteiger partial charge in [0.05, 0.1) is 21.5 Å². The Bertz CT molecular complexity index is 1210. The van der Waals surface area contributed by atoms with E-state index >= 15 is 0 Å². The average Bonchev–Trinajstić information content (AvgIpc) is 3.13. The molecule has 0 fully saturated rings. The number of carbonyl (C=O) groups is 1. The van der Waals surface area contributed by atoms with Crippen LogP contribution in [0.4, 0.5) is 0 Å². The van der Waals surface area contributed by atoms with Crippen LogP contribution in [0.25, 0.3) is 26.7 Å². The van der Waals surface area contributed by atoms with Crippen molar-refractivity contribution in [1.82, 2.24) is 14.5 Å². The zero-order chi connectivity index (χ0) is 18.4. The molecule has 0 aliphatic carbocycles. The van der Waals surface area contributed by atoms with E-state index in [1.54, 1.807) is 20.2 Å². The Morgan fingerprint density at radius 2 is 1.88 bits per heavy atom. The number of fused-ring (bicyclic) bond motifs is 3. The Kier molecular flexibility index (Phi) is 3.85. The van der Waals surface area contributed by atoms with Crippen LogP contribution in [0.2, 0.25) is 0 Å². The van der Waals surface area contributed by atoms with E-state index in [0.717, 1.165) is 21.3 Å². The molecule has 0 aliphatic rings. The van der Waals surface area contributed by atoms with Gasteiger partial charge in [-0.3, -0.25) is 9.59 Å². The highest BCUT2D eigenvalue weighted by Crippen LogP contribution is 2.30. The second-order valence-corrected chi connectivity index (χ2v) is 7.27. The summed E-state index contributed by atoms with van der Waals surface area (Å²) < 4.78 is 2.28. The molecule has 5 nitrogen and oxygen atoms in total. The fraction of sp³-hybridized carbons (Fsp3) is 0.150. The van der Waals surface area contributed by atoms with Crippen molar-refractivity contribution in [3.63, 3.8) is 0 Å². The molecule has 0 saturated carbocycles. The SMILES string of the molecule is Cc1nn2c(=O)c(-c3ccccc3)cc(C(=O)N(C)C)c2c2sccc12. The van der Waals surface area contributed by atoms with Crippen LogP contribution < -0.4 is 5.56 Å². The van der Waals surface area contributed by atoms with Gasteiger partial charge in [0.15, 0.2) is 0 Å². The lowest BCUT2D eigenvalue weighted by Gasteiger charge is -2.15. The van der Waals surface area contributed by atoms with E-state index in [-0.39, 0.29) is 11.5 Å². The van der Waals surface area contributed by atoms with Crippen LogP contribution in [0, 0.1) is 6.92 Å². The van der Waals surface area contributed by atoms with Crippen molar-refractivity contribution in [2.24, 2.45) is 0 Å². The molecule has 130 valence electrons. The number of amides is 1. The number of aryl methyl sites for hydroxylation is 1. The van der Waals surface area contributed by atoms with Crippen molar-refractivity contribution in [3.8, 4) is 11.1 Å². The maximum atomic E-state index is 13.2. The summed E-state index contributed by atoms with van der Waals surface area (Å²) in [6.45, 7) is 1.88. The van der Waals surface area contributed by atoms with Gasteiger partial charge in [-0.25, -0.2) is 0 Å². The summed E-state index contributed by atoms with van der Waals surface area (Å²) >= 11 is 1.51. The lowest BCUT2D eigenvalue weighted by Crippen LogP contribution is -2.27. The fourth-order valence-electron chi connectivity index (χ4n) is 3.13. The van der Waals surface area contributed by atoms with Crippen molar-refractivity contribution in [1.29, 1.82) is 0 Å². The van der Waals surface area contributed by atoms with Gasteiger partial charge in [-0.1, -0.05) is 30.3 Å². The quantitative estimate of drug-likeness (QED) is 0.547. The molecule has 4 rings (SSSR count). The summed E-state index contributed by atoms with van der Waals surface area (Å²) in [6, 6.07) is 13.0. The van der Waals surface area contributed by atoms with E-state index in [9.17, 15) is 9.59 Å². The minimum Gasteiger partial charge on any atom is -0.345 e. The van der Waals surface area contributed by atoms with Crippen LogP contribution in [0.3, 0.4) is 0 Å². The van der Waals surface area contributed by atoms with Gasteiger partial charge in [-0.2, -0.15) is 9.61 Å². The molecule has 4 aromatic rings. The van der Waals surface area contributed by atoms with Crippen LogP contribution in [0.15, 0.2) is 52.6 Å². The van der Waals surface area contributed by atoms with E-state index in [1.807, 2.05) is 48.7 Å². The van der Waals surface area contributed by atoms with Crippen molar-refractivity contribution in [2.45, 2.75) is 6.92 Å². The molecule has 26 heavy (non-hydrogen) atoms. The second kappa shape index (κ2) is 6.07. The summed E-state index contributed by atoms with van der Waals surface area (Å²) in [6.07, 6.45) is 0. The molecule has 0 spiro atoms. The summed E-state index contributed by atoms with van der Waals surface area (Å²) in [4.78, 5) is 27.6. The number of hydrogen-bond donors (Lipinski definition) is 0. The molecule has 1 aromatic carbocycles. The molecule has 0 N–H and O–H groups in total. The fourth-order valence-corrected chi connectivity index (χ4v) is 4.12. The van der Waals surface area contributed by atoms with E-state index in [0.29, 0.717) is 16.6 Å². The van der Waals surface area contributed by atoms with Gasteiger partial charge in [-0.05, 0) is 30.0 Å². The number of carbonyl (C=O) groups excluding carboxylic acids is 1. The number of hydrogen-bond acceptors (Lipinski definition) is 4. The second-order valence-electron chi connectivity index (χ2n) is 6.35. The average molecular weight is 363 g/mol. The topological polar surface area (TPSA) is 54.7 Å². The van der Waals surface area contributed by atoms with E-state index < -0.39 is 0 Å². The Hall–Kier alpha value is -2.99. The molecule has 0 aliphatic heterocycles. The van der Waals surface area contributed by atoms with Crippen molar-refractivity contribution in [2.75, 3.05) is 14.1 Å². The zero-order valence-electron chi connectivity index (χ0n) is 14.7. The molecule has 0 radical (unpaired) electrons. The molecule has 0 saturated heterocycles. The molecule has 0 bridgehead atoms. The van der Waals surface area contributed by atoms with Crippen LogP contribution in [0.1, 0.15) is 16.1 Å². The molecule has 0 atom stereocenters. The first-order valence-electron chi connectivity index (χ1n) is 8.20. The minimum absolute atomic E-state index is 0.153. The highest BCUT2D eigenvalue weighted by atomic mass is 32.1. The van der Waals surface area contributed by atoms with Gasteiger partial charge >= 0.3 is 0 Å². The van der Waals surface area contributed by atoms with E-state index in [4.69, 9.17) is 0 Å². The molecule has 1 amide bonds. The Morgan fingerprint density at radius 3 is 2.58 bits per heavy atom. The Balaban J connectivity index is 2.21. The van der Waals surface area contributed by atoms with Crippen LogP contribution in [-0.2, 0) is 0 Å². The molecule has 3 aromatic heterocycles. The van der Waals surface area contributed by atoms with Crippen molar-refractivity contribution in [3.05, 3.63) is 69.5 Å². The normalized spacial score (nSPS) is 11.2. The van der Waals surface area contributed by atoms with Crippen LogP contribution in [-0.4, -0.2) is 34.5 Å². The molecule has 6 heteroatoms. The number of aromatic nitrogens is 2. The lowest BCUT2D eigenvalue weighted by molar-refractivity contribution is 0.0829. The predicted molar refractivity (Wildman–Crippen MR) is 105 cm³/mol. The largest absolute Gasteiger partial charge is 0.345 e. The molecular formula is C20H17N3O2S. The first kappa shape index (κ1) is 16.5. The molecule has 0 unspecified atom stereocenters. The summed E-state index contributed by atoms with van der Waals surface area (Å²) in [5.41, 5.74) is 2.84. The van der Waals surface area contributed by atoms with Crippen molar-refractivity contribution < 1.29 is 4.79 Å². The Morgan fingerprint density at radius 1 is 1.15 bits per heavy atom. The summed E-state index contributed by atoms with van der Waals surface area (Å²) in [5.74, 6) is -0.153. The third-order valence-electron chi connectivity index (χ3n) is 4.42. The Labute approximate surface area is 154 Å². The number of pyridine rings is 1. The molecular weight excluding hydrogens is 346 g/mol. The number of thiophene rings is 1. The van der Waals surface area contributed by atoms with E-state index in [2.05, 4.69) is 5.10 Å². The first-order chi connectivity index (χ1) is 12.5. The smallest absolute Gasteiger partial charge is 0.279 e. The predicted octanol–water partition coefficient (Wildman–Crippen LogP) is 3.59. The number of nitrogens with zero attached hydrogens (tertiary/aromatic N) is 3. The van der Waals surface area contributed by atoms with E-state index in [1.165, 1.54) is 20.8 Å². The third-order valence-corrected chi connectivity index (χ3v) is 5.34. The first-order valence-corrected chi connectivity index (χ1v) is 9.08. The highest BCUT2D eigenvalue weighted by molar-refractivity contribution is 7.18. The van der Waals surface area contributed by atoms with Gasteiger partial charge < -0.3 is 4.90 Å². The third kappa shape index (κ3) is 2.42. The van der Waals surface area contributed by atoms with Crippen LogP contribution >= 0.6 is 11.3 Å². The maximum absolute atomic E-state index is 13.2. The highest BCUT2D eigenvalue weighted by Gasteiger charge is 2.21. The number of rotatable bonds is 2.